The van der Waals surface area contributed by atoms with E-state index in [4.69, 9.17) is 0 Å². The van der Waals surface area contributed by atoms with Gasteiger partial charge in [0, 0.05) is 67.6 Å². The monoisotopic (exact) mass is 621 g/mol. The molecule has 5 rings (SSSR count). The Morgan fingerprint density at radius 1 is 0.870 bits per heavy atom. The van der Waals surface area contributed by atoms with Gasteiger partial charge in [-0.2, -0.15) is 0 Å². The minimum Gasteiger partial charge on any atom is -0.336 e. The lowest BCUT2D eigenvalue weighted by molar-refractivity contribution is -0.117. The second kappa shape index (κ2) is 13.7. The van der Waals surface area contributed by atoms with Crippen LogP contribution in [0.3, 0.4) is 0 Å². The van der Waals surface area contributed by atoms with Gasteiger partial charge in [-0.1, -0.05) is 51.1 Å². The minimum absolute atomic E-state index is 0.000310. The highest BCUT2D eigenvalue weighted by Crippen LogP contribution is 2.29. The Labute approximate surface area is 270 Å². The molecule has 1 aliphatic rings. The first-order valence-electron chi connectivity index (χ1n) is 15.5. The third kappa shape index (κ3) is 7.88. The van der Waals surface area contributed by atoms with E-state index >= 15 is 0 Å². The number of nitrogens with zero attached hydrogens (tertiary/aromatic N) is 4. The molecule has 0 spiro atoms. The molecular formula is C36H43N7O3. The predicted octanol–water partition coefficient (Wildman–Crippen LogP) is 5.24. The van der Waals surface area contributed by atoms with Crippen LogP contribution in [0.2, 0.25) is 0 Å². The highest BCUT2D eigenvalue weighted by molar-refractivity contribution is 6.05. The summed E-state index contributed by atoms with van der Waals surface area (Å²) in [5, 5.41) is 9.15. The summed E-state index contributed by atoms with van der Waals surface area (Å²) in [4.78, 5) is 48.0. The van der Waals surface area contributed by atoms with Gasteiger partial charge in [-0.05, 0) is 66.9 Å². The number of likely N-dealkylation sites (N-methyl/N-ethyl adjacent to an activating group) is 1. The van der Waals surface area contributed by atoms with Crippen molar-refractivity contribution in [1.82, 2.24) is 19.4 Å². The fourth-order valence-electron chi connectivity index (χ4n) is 5.40. The number of nitrogens with one attached hydrogen (secondary N) is 3. The summed E-state index contributed by atoms with van der Waals surface area (Å²) in [5.41, 5.74) is 5.52. The van der Waals surface area contributed by atoms with E-state index in [0.29, 0.717) is 34.9 Å². The van der Waals surface area contributed by atoms with Crippen molar-refractivity contribution in [1.29, 1.82) is 0 Å². The van der Waals surface area contributed by atoms with E-state index in [1.165, 1.54) is 4.57 Å². The molecule has 3 N–H and O–H groups in total. The Morgan fingerprint density at radius 3 is 2.24 bits per heavy atom. The molecule has 2 amide bonds. The van der Waals surface area contributed by atoms with Gasteiger partial charge in [-0.15, -0.1) is 0 Å². The maximum Gasteiger partial charge on any atom is 0.293 e. The normalized spacial score (nSPS) is 14.1. The molecule has 240 valence electrons. The van der Waals surface area contributed by atoms with E-state index in [9.17, 15) is 14.4 Å². The third-order valence-electron chi connectivity index (χ3n) is 8.31. The summed E-state index contributed by atoms with van der Waals surface area (Å²) in [6.07, 6.45) is 1.68. The zero-order valence-electron chi connectivity index (χ0n) is 27.5. The molecule has 0 bridgehead atoms. The molecular weight excluding hydrogens is 578 g/mol. The van der Waals surface area contributed by atoms with Gasteiger partial charge >= 0.3 is 0 Å². The first-order chi connectivity index (χ1) is 21.9. The minimum atomic E-state index is -0.297. The standard InChI is InChI=1S/C36H43N7O3/c1-24-29(11-8-12-30(24)40-34(45)25-13-15-26(16-14-25)36(2,3)4)31-22-42(6)35(46)33(39-31)38-28-10-7-9-27(21-28)37-32(44)23-43-19-17-41(5)18-20-43/h7-16,21-22H,17-20,23H2,1-6H3,(H,37,44)(H,38,39)(H,40,45). The average Bonchev–Trinajstić information content (AvgIpc) is 3.01. The first-order valence-corrected chi connectivity index (χ1v) is 15.5. The van der Waals surface area contributed by atoms with Gasteiger partial charge in [-0.3, -0.25) is 19.3 Å². The van der Waals surface area contributed by atoms with E-state index in [2.05, 4.69) is 58.6 Å². The maximum absolute atomic E-state index is 13.1. The van der Waals surface area contributed by atoms with Crippen molar-refractivity contribution in [3.63, 3.8) is 0 Å². The molecule has 3 aromatic carbocycles. The molecule has 1 aromatic heterocycles. The van der Waals surface area contributed by atoms with E-state index in [1.54, 1.807) is 19.3 Å². The number of aryl methyl sites for hydroxylation is 1. The van der Waals surface area contributed by atoms with Crippen molar-refractivity contribution in [3.05, 3.63) is 100.0 Å². The number of aromatic nitrogens is 2. The number of rotatable bonds is 8. The Balaban J connectivity index is 1.32. The van der Waals surface area contributed by atoms with Gasteiger partial charge in [0.2, 0.25) is 5.91 Å². The van der Waals surface area contributed by atoms with Crippen LogP contribution in [0.15, 0.2) is 77.7 Å². The second-order valence-corrected chi connectivity index (χ2v) is 13.0. The summed E-state index contributed by atoms with van der Waals surface area (Å²) in [5.74, 6) is -0.136. The van der Waals surface area contributed by atoms with E-state index in [0.717, 1.165) is 42.9 Å². The summed E-state index contributed by atoms with van der Waals surface area (Å²) in [7, 11) is 3.76. The van der Waals surface area contributed by atoms with Crippen molar-refractivity contribution in [2.75, 3.05) is 55.7 Å². The van der Waals surface area contributed by atoms with Gasteiger partial charge in [-0.25, -0.2) is 4.98 Å². The lowest BCUT2D eigenvalue weighted by atomic mass is 9.86. The molecule has 10 heteroatoms. The van der Waals surface area contributed by atoms with Crippen LogP contribution in [-0.2, 0) is 17.3 Å². The quantitative estimate of drug-likeness (QED) is 0.247. The van der Waals surface area contributed by atoms with Crippen LogP contribution in [-0.4, -0.2) is 70.9 Å². The second-order valence-electron chi connectivity index (χ2n) is 13.0. The highest BCUT2D eigenvalue weighted by atomic mass is 16.2. The largest absolute Gasteiger partial charge is 0.336 e. The van der Waals surface area contributed by atoms with Gasteiger partial charge in [0.1, 0.15) is 0 Å². The van der Waals surface area contributed by atoms with E-state index < -0.39 is 0 Å². The average molecular weight is 622 g/mol. The Kier molecular flexibility index (Phi) is 9.69. The number of benzene rings is 3. The van der Waals surface area contributed by atoms with Crippen LogP contribution in [0.25, 0.3) is 11.3 Å². The van der Waals surface area contributed by atoms with Gasteiger partial charge in [0.05, 0.1) is 12.2 Å². The number of hydrogen-bond acceptors (Lipinski definition) is 7. The predicted molar refractivity (Wildman–Crippen MR) is 185 cm³/mol. The molecule has 0 unspecified atom stereocenters. The number of piperazine rings is 1. The molecule has 0 radical (unpaired) electrons. The molecule has 1 aliphatic heterocycles. The summed E-state index contributed by atoms with van der Waals surface area (Å²) < 4.78 is 1.48. The lowest BCUT2D eigenvalue weighted by Gasteiger charge is -2.31. The highest BCUT2D eigenvalue weighted by Gasteiger charge is 2.18. The summed E-state index contributed by atoms with van der Waals surface area (Å²) in [6.45, 7) is 12.3. The van der Waals surface area contributed by atoms with Crippen LogP contribution in [0, 0.1) is 6.92 Å². The first kappa shape index (κ1) is 32.6. The van der Waals surface area contributed by atoms with Crippen LogP contribution in [0.1, 0.15) is 42.3 Å². The number of carbonyl (C=O) groups is 2. The number of hydrogen-bond donors (Lipinski definition) is 3. The number of carbonyl (C=O) groups excluding carboxylic acids is 2. The maximum atomic E-state index is 13.1. The van der Waals surface area contributed by atoms with Gasteiger partial charge in [0.15, 0.2) is 5.82 Å². The van der Waals surface area contributed by atoms with Crippen LogP contribution in [0.5, 0.6) is 0 Å². The molecule has 2 heterocycles. The van der Waals surface area contributed by atoms with Gasteiger partial charge < -0.3 is 25.4 Å². The van der Waals surface area contributed by atoms with Crippen LogP contribution in [0.4, 0.5) is 22.9 Å². The van der Waals surface area contributed by atoms with Crippen molar-refractivity contribution < 1.29 is 9.59 Å². The van der Waals surface area contributed by atoms with Crippen LogP contribution >= 0.6 is 0 Å². The molecule has 1 fully saturated rings. The Morgan fingerprint density at radius 2 is 1.54 bits per heavy atom. The smallest absolute Gasteiger partial charge is 0.293 e. The molecule has 10 nitrogen and oxygen atoms in total. The van der Waals surface area contributed by atoms with E-state index in [1.807, 2.05) is 67.6 Å². The molecule has 1 saturated heterocycles. The molecule has 0 atom stereocenters. The molecule has 4 aromatic rings. The fraction of sp³-hybridized carbons (Fsp3) is 0.333. The van der Waals surface area contributed by atoms with Crippen molar-refractivity contribution in [3.8, 4) is 11.3 Å². The number of anilines is 4. The molecule has 0 aliphatic carbocycles. The zero-order chi connectivity index (χ0) is 33.0. The third-order valence-corrected chi connectivity index (χ3v) is 8.31. The SMILES string of the molecule is Cc1c(NC(=O)c2ccc(C(C)(C)C)cc2)cccc1-c1cn(C)c(=O)c(Nc2cccc(NC(=O)CN3CCN(C)CC3)c2)n1. The van der Waals surface area contributed by atoms with Gasteiger partial charge in [0.25, 0.3) is 11.5 Å². The van der Waals surface area contributed by atoms with Crippen LogP contribution < -0.4 is 21.5 Å². The zero-order valence-corrected chi connectivity index (χ0v) is 27.5. The Bertz CT molecular complexity index is 1780. The van der Waals surface area contributed by atoms with Crippen molar-refractivity contribution >= 4 is 34.7 Å². The summed E-state index contributed by atoms with van der Waals surface area (Å²) in [6, 6.07) is 20.5. The van der Waals surface area contributed by atoms with Crippen molar-refractivity contribution in [2.24, 2.45) is 7.05 Å². The molecule has 46 heavy (non-hydrogen) atoms. The Hall–Kier alpha value is -4.80. The van der Waals surface area contributed by atoms with E-state index in [-0.39, 0.29) is 28.6 Å². The fourth-order valence-corrected chi connectivity index (χ4v) is 5.40. The number of amides is 2. The topological polar surface area (TPSA) is 112 Å². The molecule has 0 saturated carbocycles. The summed E-state index contributed by atoms with van der Waals surface area (Å²) >= 11 is 0. The van der Waals surface area contributed by atoms with Crippen molar-refractivity contribution in [2.45, 2.75) is 33.1 Å². The lowest BCUT2D eigenvalue weighted by Crippen LogP contribution is -2.47.